The fourth-order valence-corrected chi connectivity index (χ4v) is 3.48. The van der Waals surface area contributed by atoms with E-state index in [1.807, 2.05) is 6.92 Å². The minimum Gasteiger partial charge on any atom is -0.394 e. The summed E-state index contributed by atoms with van der Waals surface area (Å²) in [5.74, 6) is 0. The Hall–Kier alpha value is 0.310. The number of aliphatic hydroxyl groups is 8. The number of aldehydes is 2. The number of carbonyl (C=O) groups is 2. The van der Waals surface area contributed by atoms with Crippen LogP contribution < -0.4 is 80.2 Å². The second-order valence-corrected chi connectivity index (χ2v) is 11.9. The zero-order chi connectivity index (χ0) is 35.3. The Bertz CT molecular complexity index is 761. The molecule has 12 unspecified atom stereocenters. The van der Waals surface area contributed by atoms with E-state index in [2.05, 4.69) is 10.6 Å². The van der Waals surface area contributed by atoms with Crippen LogP contribution in [0.1, 0.15) is 27.7 Å². The summed E-state index contributed by atoms with van der Waals surface area (Å²) in [6.07, 6.45) is -5.96. The molecular formula is C24H51IN3NaO18. The number of ether oxygens (including phenoxy) is 4. The minimum absolute atomic E-state index is 0. The van der Waals surface area contributed by atoms with Crippen molar-refractivity contribution >= 4 is 12.6 Å². The summed E-state index contributed by atoms with van der Waals surface area (Å²) in [5, 5.41) is 76.2. The van der Waals surface area contributed by atoms with Gasteiger partial charge in [0.1, 0.15) is 75.5 Å². The zero-order valence-electron chi connectivity index (χ0n) is 27.1. The van der Waals surface area contributed by atoms with Crippen molar-refractivity contribution in [1.29, 1.82) is 0 Å². The minimum atomic E-state index is -5.94. The van der Waals surface area contributed by atoms with E-state index >= 15 is 0 Å². The Labute approximate surface area is 301 Å². The molecule has 0 aliphatic carbocycles. The Morgan fingerprint density at radius 2 is 1.32 bits per heavy atom. The molecule has 23 heteroatoms. The molecule has 3 rings (SSSR count). The maximum atomic E-state index is 9.99. The van der Waals surface area contributed by atoms with E-state index in [0.717, 1.165) is 13.1 Å². The van der Waals surface area contributed by atoms with Gasteiger partial charge in [-0.1, -0.05) is 0 Å². The SMILES string of the molecule is CC(C=O)OC(C=O)CO.CC1CNCC(CO)O1.CC1OC(CO)C(O)C1O.CC1OC(CO)C(O)NC1O.N.[Na+].[O-][I+3]([O-])([O-])[O-]. The standard InChI is InChI=1S/C6H13NO4.C6H13NO2.C6H12O4.C6H10O4.IO4.H3N.Na/c1-3-5(9)7-6(10)4(2-8)11-3;1-5-2-7-3-6(4-8)9-5;1-3-5(8)6(9)4(2-7)10-3;1-5(2-7)10-6(3-8)4-9;2-1(3,4)5;;/h3-10H,2H2,1H3;5-8H,2-4H2,1H3;3-9H,2H2,1H3;2-3,5-6,9H,4H2,1H3;;1H3;/q;;;;-1;;+1. The van der Waals surface area contributed by atoms with Crippen LogP contribution in [0.2, 0.25) is 0 Å². The van der Waals surface area contributed by atoms with Gasteiger partial charge < -0.3 is 80.9 Å². The fraction of sp³-hybridized carbons (Fsp3) is 0.917. The number of halogens is 1. The van der Waals surface area contributed by atoms with Crippen LogP contribution in [0.3, 0.4) is 0 Å². The quantitative estimate of drug-likeness (QED) is 0.0615. The van der Waals surface area contributed by atoms with E-state index in [-0.39, 0.29) is 80.4 Å². The van der Waals surface area contributed by atoms with Gasteiger partial charge >= 0.3 is 29.6 Å². The summed E-state index contributed by atoms with van der Waals surface area (Å²) >= 11 is -5.94. The predicted molar refractivity (Wildman–Crippen MR) is 143 cm³/mol. The van der Waals surface area contributed by atoms with Crippen molar-refractivity contribution in [3.63, 3.8) is 0 Å². The number of morpholine rings is 2. The van der Waals surface area contributed by atoms with E-state index in [1.54, 1.807) is 13.8 Å². The van der Waals surface area contributed by atoms with Crippen molar-refractivity contribution in [3.05, 3.63) is 0 Å². The monoisotopic (exact) mass is 819 g/mol. The Morgan fingerprint density at radius 3 is 1.64 bits per heavy atom. The van der Waals surface area contributed by atoms with Gasteiger partial charge in [0.15, 0.2) is 6.29 Å². The summed E-state index contributed by atoms with van der Waals surface area (Å²) in [7, 11) is 0. The first-order valence-electron chi connectivity index (χ1n) is 13.6. The van der Waals surface area contributed by atoms with Gasteiger partial charge in [0.25, 0.3) is 0 Å². The molecule has 0 aromatic heterocycles. The molecule has 47 heavy (non-hydrogen) atoms. The fourth-order valence-electron chi connectivity index (χ4n) is 3.48. The van der Waals surface area contributed by atoms with Crippen LogP contribution in [0.4, 0.5) is 0 Å². The first-order chi connectivity index (χ1) is 20.9. The van der Waals surface area contributed by atoms with Crippen molar-refractivity contribution in [2.75, 3.05) is 39.5 Å². The number of aliphatic hydroxyl groups excluding tert-OH is 8. The Balaban J connectivity index is -0.000000247. The molecule has 3 fully saturated rings. The maximum Gasteiger partial charge on any atom is 1.00 e. The molecule has 0 saturated carbocycles. The average molecular weight is 820 g/mol. The van der Waals surface area contributed by atoms with Gasteiger partial charge in [0.05, 0.1) is 50.8 Å². The van der Waals surface area contributed by atoms with Crippen molar-refractivity contribution in [2.24, 2.45) is 0 Å². The van der Waals surface area contributed by atoms with Gasteiger partial charge in [-0.25, -0.2) is 0 Å². The van der Waals surface area contributed by atoms with Gasteiger partial charge in [-0.15, -0.1) is 0 Å². The van der Waals surface area contributed by atoms with Crippen LogP contribution in [-0.4, -0.2) is 166 Å². The molecule has 0 radical (unpaired) electrons. The first-order valence-corrected chi connectivity index (χ1v) is 17.2. The third-order valence-electron chi connectivity index (χ3n) is 5.83. The molecular weight excluding hydrogens is 768 g/mol. The van der Waals surface area contributed by atoms with Gasteiger partial charge in [-0.05, 0) is 27.7 Å². The molecule has 0 aromatic carbocycles. The van der Waals surface area contributed by atoms with Crippen LogP contribution in [0.5, 0.6) is 0 Å². The summed E-state index contributed by atoms with van der Waals surface area (Å²) in [4.78, 5) is 19.9. The second kappa shape index (κ2) is 30.0. The largest absolute Gasteiger partial charge is 1.00 e. The molecule has 278 valence electrons. The molecule has 3 saturated heterocycles. The second-order valence-electron chi connectivity index (χ2n) is 9.78. The van der Waals surface area contributed by atoms with Crippen molar-refractivity contribution in [1.82, 2.24) is 16.8 Å². The summed E-state index contributed by atoms with van der Waals surface area (Å²) in [6.45, 7) is 7.72. The summed E-state index contributed by atoms with van der Waals surface area (Å²) in [6, 6.07) is 0. The number of rotatable bonds is 8. The van der Waals surface area contributed by atoms with E-state index in [1.165, 1.54) is 6.92 Å². The molecule has 0 aromatic rings. The predicted octanol–water partition coefficient (Wildman–Crippen LogP) is -15.6. The molecule has 21 nitrogen and oxygen atoms in total. The molecule has 0 bridgehead atoms. The Morgan fingerprint density at radius 1 is 0.809 bits per heavy atom. The molecule has 0 amide bonds. The molecule has 3 heterocycles. The van der Waals surface area contributed by atoms with Crippen LogP contribution in [0, 0.1) is 0 Å². The van der Waals surface area contributed by atoms with E-state index < -0.39 is 75.3 Å². The third kappa shape index (κ3) is 26.7. The number of nitrogens with one attached hydrogen (secondary N) is 2. The van der Waals surface area contributed by atoms with E-state index in [9.17, 15) is 9.59 Å². The maximum absolute atomic E-state index is 9.99. The van der Waals surface area contributed by atoms with Crippen LogP contribution in [0.15, 0.2) is 0 Å². The van der Waals surface area contributed by atoms with Crippen LogP contribution in [0.25, 0.3) is 0 Å². The molecule has 13 N–H and O–H groups in total. The molecule has 3 aliphatic heterocycles. The Kier molecular flexibility index (Phi) is 34.5. The van der Waals surface area contributed by atoms with Crippen LogP contribution >= 0.6 is 0 Å². The molecule has 3 aliphatic rings. The smallest absolute Gasteiger partial charge is 0.394 e. The number of hydrogen-bond acceptors (Lipinski definition) is 21. The van der Waals surface area contributed by atoms with Crippen LogP contribution in [-0.2, 0) is 28.5 Å². The first kappa shape index (κ1) is 54.1. The van der Waals surface area contributed by atoms with Crippen molar-refractivity contribution < 1.29 is 133 Å². The topological polar surface area (TPSA) is 384 Å². The van der Waals surface area contributed by atoms with E-state index in [4.69, 9.17) is 73.5 Å². The summed E-state index contributed by atoms with van der Waals surface area (Å²) in [5.41, 5.74) is 0. The zero-order valence-corrected chi connectivity index (χ0v) is 31.2. The molecule has 12 atom stereocenters. The number of hydrogen-bond donors (Lipinski definition) is 11. The number of carbonyl (C=O) groups excluding carboxylic acids is 2. The van der Waals surface area contributed by atoms with Gasteiger partial charge in [0, 0.05) is 13.1 Å². The molecule has 0 spiro atoms. The van der Waals surface area contributed by atoms with E-state index in [0.29, 0.717) is 12.6 Å². The van der Waals surface area contributed by atoms with Gasteiger partial charge in [-0.3, -0.25) is 19.1 Å². The van der Waals surface area contributed by atoms with Crippen molar-refractivity contribution in [2.45, 2.75) is 101 Å². The third-order valence-corrected chi connectivity index (χ3v) is 5.83. The normalized spacial score (nSPS) is 32.6. The average Bonchev–Trinajstić information content (AvgIpc) is 3.24. The summed E-state index contributed by atoms with van der Waals surface area (Å²) < 4.78 is 54.5. The van der Waals surface area contributed by atoms with Gasteiger partial charge in [-0.2, -0.15) is 0 Å². The van der Waals surface area contributed by atoms with Crippen molar-refractivity contribution in [3.8, 4) is 0 Å². The van der Waals surface area contributed by atoms with Gasteiger partial charge in [0.2, 0.25) is 0 Å².